The summed E-state index contributed by atoms with van der Waals surface area (Å²) in [5.41, 5.74) is 7.35. The first-order valence-corrected chi connectivity index (χ1v) is 6.72. The van der Waals surface area contributed by atoms with E-state index in [0.29, 0.717) is 5.25 Å². The lowest BCUT2D eigenvalue weighted by molar-refractivity contribution is 0.400. The molecule has 0 amide bonds. The molecule has 0 bridgehead atoms. The van der Waals surface area contributed by atoms with Crippen molar-refractivity contribution in [2.24, 2.45) is 12.8 Å². The van der Waals surface area contributed by atoms with Crippen LogP contribution in [-0.4, -0.2) is 27.9 Å². The van der Waals surface area contributed by atoms with Crippen molar-refractivity contribution in [3.8, 4) is 5.75 Å². The Kier molecular flexibility index (Phi) is 3.76. The van der Waals surface area contributed by atoms with Gasteiger partial charge in [-0.25, -0.2) is 0 Å². The molecule has 1 aromatic heterocycles. The largest absolute Gasteiger partial charge is 0.493 e. The lowest BCUT2D eigenvalue weighted by atomic mass is 10.0. The molecule has 2 unspecified atom stereocenters. The zero-order valence-corrected chi connectivity index (χ0v) is 10.7. The highest BCUT2D eigenvalue weighted by molar-refractivity contribution is 8.00. The minimum atomic E-state index is 0.0211. The summed E-state index contributed by atoms with van der Waals surface area (Å²) < 4.78 is 7.14. The van der Waals surface area contributed by atoms with E-state index in [0.717, 1.165) is 11.4 Å². The van der Waals surface area contributed by atoms with Crippen LogP contribution >= 0.6 is 11.8 Å². The molecule has 2 heterocycles. The quantitative estimate of drug-likeness (QED) is 0.875. The molecule has 2 N–H and O–H groups in total. The van der Waals surface area contributed by atoms with Gasteiger partial charge in [0.1, 0.15) is 0 Å². The summed E-state index contributed by atoms with van der Waals surface area (Å²) in [5.74, 6) is 2.03. The Balaban J connectivity index is 2.18. The second-order valence-corrected chi connectivity index (χ2v) is 5.50. The molecule has 0 radical (unpaired) electrons. The highest BCUT2D eigenvalue weighted by atomic mass is 32.2. The van der Waals surface area contributed by atoms with Gasteiger partial charge in [-0.1, -0.05) is 6.42 Å². The number of aryl methyl sites for hydroxylation is 1. The third-order valence-electron chi connectivity index (χ3n) is 3.10. The first kappa shape index (κ1) is 11.8. The number of ether oxygens (including phenoxy) is 1. The maximum atomic E-state index is 6.33. The van der Waals surface area contributed by atoms with Gasteiger partial charge < -0.3 is 10.5 Å². The number of nitrogens with zero attached hydrogens (tertiary/aromatic N) is 2. The van der Waals surface area contributed by atoms with Crippen LogP contribution < -0.4 is 10.5 Å². The van der Waals surface area contributed by atoms with E-state index in [1.165, 1.54) is 25.0 Å². The average Bonchev–Trinajstić information content (AvgIpc) is 2.70. The Morgan fingerprint density at radius 2 is 2.44 bits per heavy atom. The van der Waals surface area contributed by atoms with E-state index < -0.39 is 0 Å². The third-order valence-corrected chi connectivity index (χ3v) is 4.58. The van der Waals surface area contributed by atoms with Crippen molar-refractivity contribution in [3.05, 3.63) is 11.9 Å². The Labute approximate surface area is 101 Å². The van der Waals surface area contributed by atoms with Crippen LogP contribution in [0.2, 0.25) is 0 Å². The van der Waals surface area contributed by atoms with E-state index in [1.54, 1.807) is 13.3 Å². The van der Waals surface area contributed by atoms with Crippen molar-refractivity contribution in [2.45, 2.75) is 30.6 Å². The maximum absolute atomic E-state index is 6.33. The molecule has 1 aliphatic rings. The normalized spacial score (nSPS) is 23.1. The third kappa shape index (κ3) is 2.20. The van der Waals surface area contributed by atoms with Crippen LogP contribution in [-0.2, 0) is 7.05 Å². The summed E-state index contributed by atoms with van der Waals surface area (Å²) in [6, 6.07) is 0.0211. The van der Waals surface area contributed by atoms with Crippen LogP contribution in [0.3, 0.4) is 0 Å². The molecule has 5 heteroatoms. The summed E-state index contributed by atoms with van der Waals surface area (Å²) >= 11 is 1.98. The molecule has 2 atom stereocenters. The van der Waals surface area contributed by atoms with Crippen LogP contribution in [0.1, 0.15) is 31.0 Å². The smallest absolute Gasteiger partial charge is 0.161 e. The van der Waals surface area contributed by atoms with E-state index >= 15 is 0 Å². The van der Waals surface area contributed by atoms with Crippen molar-refractivity contribution < 1.29 is 4.74 Å². The highest BCUT2D eigenvalue weighted by Gasteiger charge is 2.27. The molecular weight excluding hydrogens is 222 g/mol. The lowest BCUT2D eigenvalue weighted by Crippen LogP contribution is -2.28. The molecular formula is C11H19N3OS. The monoisotopic (exact) mass is 241 g/mol. The number of hydrogen-bond acceptors (Lipinski definition) is 4. The van der Waals surface area contributed by atoms with Crippen LogP contribution in [0.25, 0.3) is 0 Å². The van der Waals surface area contributed by atoms with Gasteiger partial charge in [-0.15, -0.1) is 0 Å². The van der Waals surface area contributed by atoms with Crippen molar-refractivity contribution >= 4 is 11.8 Å². The highest BCUT2D eigenvalue weighted by Crippen LogP contribution is 2.36. The number of rotatable bonds is 3. The van der Waals surface area contributed by atoms with Crippen molar-refractivity contribution in [1.82, 2.24) is 9.78 Å². The first-order valence-electron chi connectivity index (χ1n) is 5.67. The van der Waals surface area contributed by atoms with Crippen LogP contribution in [0, 0.1) is 0 Å². The van der Waals surface area contributed by atoms with Gasteiger partial charge in [0.25, 0.3) is 0 Å². The van der Waals surface area contributed by atoms with Gasteiger partial charge >= 0.3 is 0 Å². The lowest BCUT2D eigenvalue weighted by Gasteiger charge is -2.27. The zero-order valence-electron chi connectivity index (χ0n) is 9.85. The Morgan fingerprint density at radius 3 is 3.06 bits per heavy atom. The minimum absolute atomic E-state index is 0.0211. The molecule has 4 nitrogen and oxygen atoms in total. The Morgan fingerprint density at radius 1 is 1.62 bits per heavy atom. The molecule has 90 valence electrons. The molecule has 0 aliphatic carbocycles. The molecule has 1 aliphatic heterocycles. The maximum Gasteiger partial charge on any atom is 0.161 e. The fourth-order valence-corrected chi connectivity index (χ4v) is 3.53. The van der Waals surface area contributed by atoms with E-state index in [-0.39, 0.29) is 6.04 Å². The van der Waals surface area contributed by atoms with Gasteiger partial charge in [-0.2, -0.15) is 16.9 Å². The molecule has 2 rings (SSSR count). The second-order valence-electron chi connectivity index (χ2n) is 4.15. The van der Waals surface area contributed by atoms with Gasteiger partial charge in [0.15, 0.2) is 5.75 Å². The minimum Gasteiger partial charge on any atom is -0.493 e. The number of methoxy groups -OCH3 is 1. The molecule has 1 fully saturated rings. The molecule has 0 saturated carbocycles. The fourth-order valence-electron chi connectivity index (χ4n) is 2.19. The van der Waals surface area contributed by atoms with Gasteiger partial charge in [0, 0.05) is 12.3 Å². The summed E-state index contributed by atoms with van der Waals surface area (Å²) in [6.07, 6.45) is 5.53. The van der Waals surface area contributed by atoms with E-state index in [4.69, 9.17) is 10.5 Å². The first-order chi connectivity index (χ1) is 7.74. The predicted octanol–water partition coefficient (Wildman–Crippen LogP) is 1.71. The number of hydrogen-bond donors (Lipinski definition) is 1. The van der Waals surface area contributed by atoms with Crippen molar-refractivity contribution in [2.75, 3.05) is 12.9 Å². The van der Waals surface area contributed by atoms with Crippen molar-refractivity contribution in [3.63, 3.8) is 0 Å². The van der Waals surface area contributed by atoms with E-state index in [1.807, 2.05) is 23.5 Å². The standard InChI is InChI=1S/C11H19N3OS/c1-14-11(8(15-2)7-13-14)10(12)9-5-3-4-6-16-9/h7,9-10H,3-6,12H2,1-2H3. The average molecular weight is 241 g/mol. The zero-order chi connectivity index (χ0) is 11.5. The second kappa shape index (κ2) is 5.10. The number of thioether (sulfide) groups is 1. The number of nitrogens with two attached hydrogens (primary N) is 1. The van der Waals surface area contributed by atoms with Crippen molar-refractivity contribution in [1.29, 1.82) is 0 Å². The topological polar surface area (TPSA) is 53.1 Å². The van der Waals surface area contributed by atoms with Gasteiger partial charge in [0.2, 0.25) is 0 Å². The molecule has 1 saturated heterocycles. The summed E-state index contributed by atoms with van der Waals surface area (Å²) in [6.45, 7) is 0. The van der Waals surface area contributed by atoms with Gasteiger partial charge in [0.05, 0.1) is 25.0 Å². The van der Waals surface area contributed by atoms with Gasteiger partial charge in [-0.3, -0.25) is 4.68 Å². The molecule has 1 aromatic rings. The Bertz CT molecular complexity index is 347. The molecule has 0 spiro atoms. The molecule has 0 aromatic carbocycles. The predicted molar refractivity (Wildman–Crippen MR) is 66.8 cm³/mol. The van der Waals surface area contributed by atoms with Crippen LogP contribution in [0.4, 0.5) is 0 Å². The molecule has 16 heavy (non-hydrogen) atoms. The van der Waals surface area contributed by atoms with E-state index in [9.17, 15) is 0 Å². The fraction of sp³-hybridized carbons (Fsp3) is 0.727. The van der Waals surface area contributed by atoms with Crippen LogP contribution in [0.5, 0.6) is 5.75 Å². The summed E-state index contributed by atoms with van der Waals surface area (Å²) in [7, 11) is 3.59. The van der Waals surface area contributed by atoms with Crippen LogP contribution in [0.15, 0.2) is 6.20 Å². The number of aromatic nitrogens is 2. The summed E-state index contributed by atoms with van der Waals surface area (Å²) in [5, 5.41) is 4.70. The summed E-state index contributed by atoms with van der Waals surface area (Å²) in [4.78, 5) is 0. The van der Waals surface area contributed by atoms with E-state index in [2.05, 4.69) is 5.10 Å². The van der Waals surface area contributed by atoms with Gasteiger partial charge in [-0.05, 0) is 18.6 Å². The SMILES string of the molecule is COc1cnn(C)c1C(N)C1CCCCS1. The Hall–Kier alpha value is -0.680.